The third kappa shape index (κ3) is 37.2. The fourth-order valence-corrected chi connectivity index (χ4v) is 6.84. The molecule has 54 heavy (non-hydrogen) atoms. The van der Waals surface area contributed by atoms with E-state index in [1.807, 2.05) is 0 Å². The topological polar surface area (TPSA) is 172 Å². The van der Waals surface area contributed by atoms with Crippen LogP contribution in [0.1, 0.15) is 206 Å². The number of phosphoric ester groups is 1. The van der Waals surface area contributed by atoms with Gasteiger partial charge in [-0.05, 0) is 38.5 Å². The number of aliphatic carboxylic acids is 1. The summed E-state index contributed by atoms with van der Waals surface area (Å²) in [6.45, 7) is 2.79. The third-order valence-corrected chi connectivity index (χ3v) is 10.5. The molecular formula is C42H80NO10P. The summed E-state index contributed by atoms with van der Waals surface area (Å²) in [5.74, 6) is -2.38. The van der Waals surface area contributed by atoms with Crippen LogP contribution in [-0.4, -0.2) is 59.9 Å². The zero-order chi connectivity index (χ0) is 40.0. The summed E-state index contributed by atoms with van der Waals surface area (Å²) in [5, 5.41) is 8.88. The van der Waals surface area contributed by atoms with Crippen molar-refractivity contribution >= 4 is 25.7 Å². The third-order valence-electron chi connectivity index (χ3n) is 9.51. The Morgan fingerprint density at radius 2 is 0.926 bits per heavy atom. The molecule has 0 aliphatic heterocycles. The Kier molecular flexibility index (Phi) is 36.9. The number of ether oxygens (including phenoxy) is 2. The SMILES string of the molecule is CCCCC/C=C/CCCCCCCC(=O)O[C@@H](COC(=O)CCCCCCCCCCCCCCCCCCCC)COP(=O)(O)OC[C@@H](N)C(=O)O. The van der Waals surface area contributed by atoms with E-state index in [4.69, 9.17) is 24.8 Å². The lowest BCUT2D eigenvalue weighted by Crippen LogP contribution is -2.34. The molecule has 1 unspecified atom stereocenters. The Bertz CT molecular complexity index is 979. The number of phosphoric acid groups is 1. The number of carboxylic acids is 1. The zero-order valence-corrected chi connectivity index (χ0v) is 35.2. The summed E-state index contributed by atoms with van der Waals surface area (Å²) < 4.78 is 32.6. The normalized spacial score (nSPS) is 13.9. The van der Waals surface area contributed by atoms with Gasteiger partial charge in [0.05, 0.1) is 13.2 Å². The fourth-order valence-electron chi connectivity index (χ4n) is 6.06. The van der Waals surface area contributed by atoms with E-state index in [-0.39, 0.29) is 19.4 Å². The van der Waals surface area contributed by atoms with Crippen LogP contribution in [0.2, 0.25) is 0 Å². The Balaban J connectivity index is 4.29. The number of carbonyl (C=O) groups is 3. The average molecular weight is 790 g/mol. The molecule has 0 saturated carbocycles. The lowest BCUT2D eigenvalue weighted by molar-refractivity contribution is -0.161. The van der Waals surface area contributed by atoms with E-state index in [9.17, 15) is 23.8 Å². The number of carboxylic acid groups (broad SMARTS) is 1. The predicted molar refractivity (Wildman–Crippen MR) is 217 cm³/mol. The highest BCUT2D eigenvalue weighted by atomic mass is 31.2. The van der Waals surface area contributed by atoms with Crippen LogP contribution in [0.3, 0.4) is 0 Å². The fraction of sp³-hybridized carbons (Fsp3) is 0.881. The zero-order valence-electron chi connectivity index (χ0n) is 34.3. The molecule has 0 aromatic rings. The quantitative estimate of drug-likeness (QED) is 0.0233. The molecule has 11 nitrogen and oxygen atoms in total. The van der Waals surface area contributed by atoms with Gasteiger partial charge < -0.3 is 25.2 Å². The van der Waals surface area contributed by atoms with E-state index in [1.165, 1.54) is 109 Å². The van der Waals surface area contributed by atoms with Crippen LogP contribution < -0.4 is 5.73 Å². The molecule has 4 N–H and O–H groups in total. The van der Waals surface area contributed by atoms with Gasteiger partial charge in [0, 0.05) is 12.8 Å². The van der Waals surface area contributed by atoms with Crippen LogP contribution in [0, 0.1) is 0 Å². The highest BCUT2D eigenvalue weighted by Gasteiger charge is 2.28. The lowest BCUT2D eigenvalue weighted by atomic mass is 10.0. The van der Waals surface area contributed by atoms with Crippen LogP contribution in [0.4, 0.5) is 0 Å². The Morgan fingerprint density at radius 1 is 0.556 bits per heavy atom. The van der Waals surface area contributed by atoms with Crippen molar-refractivity contribution in [2.75, 3.05) is 19.8 Å². The van der Waals surface area contributed by atoms with Gasteiger partial charge in [0.1, 0.15) is 12.6 Å². The molecule has 0 aliphatic rings. The first-order valence-corrected chi connectivity index (χ1v) is 23.2. The first-order valence-electron chi connectivity index (χ1n) is 21.7. The van der Waals surface area contributed by atoms with Crippen molar-refractivity contribution in [3.8, 4) is 0 Å². The number of unbranched alkanes of at least 4 members (excludes halogenated alkanes) is 25. The summed E-state index contributed by atoms with van der Waals surface area (Å²) in [4.78, 5) is 45.9. The van der Waals surface area contributed by atoms with Crippen LogP contribution in [0.25, 0.3) is 0 Å². The van der Waals surface area contributed by atoms with Crippen LogP contribution in [0.5, 0.6) is 0 Å². The van der Waals surface area contributed by atoms with Crippen molar-refractivity contribution in [2.45, 2.75) is 219 Å². The molecule has 0 spiro atoms. The summed E-state index contributed by atoms with van der Waals surface area (Å²) in [7, 11) is -4.71. The number of allylic oxidation sites excluding steroid dienone is 2. The van der Waals surface area contributed by atoms with Gasteiger partial charge in [-0.1, -0.05) is 167 Å². The maximum atomic E-state index is 12.6. The minimum atomic E-state index is -4.71. The Morgan fingerprint density at radius 3 is 1.39 bits per heavy atom. The van der Waals surface area contributed by atoms with Crippen molar-refractivity contribution < 1.29 is 47.5 Å². The van der Waals surface area contributed by atoms with Crippen LogP contribution >= 0.6 is 7.82 Å². The summed E-state index contributed by atoms with van der Waals surface area (Å²) >= 11 is 0. The maximum absolute atomic E-state index is 12.6. The van der Waals surface area contributed by atoms with Gasteiger partial charge in [-0.3, -0.25) is 23.4 Å². The van der Waals surface area contributed by atoms with Crippen molar-refractivity contribution in [2.24, 2.45) is 5.73 Å². The van der Waals surface area contributed by atoms with Crippen molar-refractivity contribution in [1.29, 1.82) is 0 Å². The smallest absolute Gasteiger partial charge is 0.472 e. The van der Waals surface area contributed by atoms with E-state index < -0.39 is 51.1 Å². The molecule has 12 heteroatoms. The largest absolute Gasteiger partial charge is 0.480 e. The van der Waals surface area contributed by atoms with Crippen molar-refractivity contribution in [3.63, 3.8) is 0 Å². The second-order valence-corrected chi connectivity index (χ2v) is 16.3. The predicted octanol–water partition coefficient (Wildman–Crippen LogP) is 11.3. The van der Waals surface area contributed by atoms with Gasteiger partial charge in [0.15, 0.2) is 6.10 Å². The van der Waals surface area contributed by atoms with Gasteiger partial charge in [-0.25, -0.2) is 4.57 Å². The van der Waals surface area contributed by atoms with Gasteiger partial charge in [-0.15, -0.1) is 0 Å². The molecule has 0 saturated heterocycles. The highest BCUT2D eigenvalue weighted by molar-refractivity contribution is 7.47. The van der Waals surface area contributed by atoms with Gasteiger partial charge in [-0.2, -0.15) is 0 Å². The summed E-state index contributed by atoms with van der Waals surface area (Å²) in [6.07, 6.45) is 37.1. The number of hydrogen-bond donors (Lipinski definition) is 3. The second-order valence-electron chi connectivity index (χ2n) is 14.8. The minimum Gasteiger partial charge on any atom is -0.480 e. The first kappa shape index (κ1) is 52.2. The Hall–Kier alpha value is -1.78. The monoisotopic (exact) mass is 790 g/mol. The highest BCUT2D eigenvalue weighted by Crippen LogP contribution is 2.43. The van der Waals surface area contributed by atoms with E-state index in [0.717, 1.165) is 57.8 Å². The van der Waals surface area contributed by atoms with Gasteiger partial charge in [0.2, 0.25) is 0 Å². The molecule has 0 aromatic heterocycles. The van der Waals surface area contributed by atoms with E-state index >= 15 is 0 Å². The molecule has 0 rings (SSSR count). The maximum Gasteiger partial charge on any atom is 0.472 e. The number of nitrogens with two attached hydrogens (primary N) is 1. The number of esters is 2. The van der Waals surface area contributed by atoms with E-state index in [2.05, 4.69) is 30.5 Å². The number of hydrogen-bond acceptors (Lipinski definition) is 9. The molecule has 0 aliphatic carbocycles. The van der Waals surface area contributed by atoms with Crippen LogP contribution in [-0.2, 0) is 37.5 Å². The van der Waals surface area contributed by atoms with Crippen molar-refractivity contribution in [3.05, 3.63) is 12.2 Å². The van der Waals surface area contributed by atoms with Gasteiger partial charge >= 0.3 is 25.7 Å². The molecular weight excluding hydrogens is 709 g/mol. The Labute approximate surface area is 328 Å². The average Bonchev–Trinajstić information content (AvgIpc) is 3.14. The molecule has 0 amide bonds. The van der Waals surface area contributed by atoms with Crippen molar-refractivity contribution in [1.82, 2.24) is 0 Å². The lowest BCUT2D eigenvalue weighted by Gasteiger charge is -2.20. The molecule has 318 valence electrons. The molecule has 0 aromatic carbocycles. The second kappa shape index (κ2) is 38.1. The summed E-state index contributed by atoms with van der Waals surface area (Å²) in [6, 6.07) is -1.52. The summed E-state index contributed by atoms with van der Waals surface area (Å²) in [5.41, 5.74) is 5.33. The number of rotatable bonds is 41. The van der Waals surface area contributed by atoms with E-state index in [1.54, 1.807) is 0 Å². The molecule has 0 heterocycles. The molecule has 3 atom stereocenters. The molecule has 0 radical (unpaired) electrons. The number of carbonyl (C=O) groups excluding carboxylic acids is 2. The van der Waals surface area contributed by atoms with Crippen LogP contribution in [0.15, 0.2) is 12.2 Å². The van der Waals surface area contributed by atoms with Gasteiger partial charge in [0.25, 0.3) is 0 Å². The first-order chi connectivity index (χ1) is 26.1. The molecule has 0 fully saturated rings. The minimum absolute atomic E-state index is 0.155. The molecule has 0 bridgehead atoms. The van der Waals surface area contributed by atoms with E-state index in [0.29, 0.717) is 12.8 Å². The standard InChI is InChI=1S/C42H80NO10P/c1-3-5-7-9-11-13-15-17-18-19-20-21-22-24-25-27-29-31-33-40(44)50-35-38(36-51-54(48,49)52-37-39(43)42(46)47)53-41(45)34-32-30-28-26-23-16-14-12-10-8-6-4-2/h12,14,38-39H,3-11,13,15-37,43H2,1-2H3,(H,46,47)(H,48,49)/b14-12+/t38-,39+/m0/s1.